The van der Waals surface area contributed by atoms with Crippen molar-refractivity contribution in [2.75, 3.05) is 86.3 Å². The normalized spacial score (nSPS) is 20.4. The predicted octanol–water partition coefficient (Wildman–Crippen LogP) is 15.6. The first-order valence-electron chi connectivity index (χ1n) is 46.6. The van der Waals surface area contributed by atoms with E-state index >= 15 is 0 Å². The number of likely N-dealkylation sites (N-methyl/N-ethyl adjacent to an activating group) is 4. The van der Waals surface area contributed by atoms with E-state index in [0.717, 1.165) is 185 Å². The predicted molar refractivity (Wildman–Crippen MR) is 507 cm³/mol. The number of amides is 4. The van der Waals surface area contributed by atoms with Gasteiger partial charge in [-0.15, -0.1) is 0 Å². The minimum absolute atomic E-state index is 0.0183. The monoisotopic (exact) mass is 1760 g/mol. The molecule has 0 unspecified atom stereocenters. The second-order valence-corrected chi connectivity index (χ2v) is 33.3. The van der Waals surface area contributed by atoms with Crippen molar-refractivity contribution in [3.63, 3.8) is 0 Å². The second kappa shape index (κ2) is 45.0. The third kappa shape index (κ3) is 23.2. The van der Waals surface area contributed by atoms with E-state index in [2.05, 4.69) is 109 Å². The zero-order chi connectivity index (χ0) is 91.2. The van der Waals surface area contributed by atoms with Crippen molar-refractivity contribution in [2.24, 2.45) is 0 Å². The van der Waals surface area contributed by atoms with Gasteiger partial charge in [-0.05, 0) is 163 Å². The zero-order valence-corrected chi connectivity index (χ0v) is 77.1. The number of benzene rings is 2. The van der Waals surface area contributed by atoms with E-state index in [1.165, 1.54) is 29.6 Å². The number of nitrogens with one attached hydrogen (secondary N) is 8. The number of rotatable bonds is 18. The molecule has 10 aromatic heterocycles. The Labute approximate surface area is 755 Å². The molecule has 4 saturated carbocycles. The molecule has 686 valence electrons. The van der Waals surface area contributed by atoms with Crippen LogP contribution in [0.4, 0.5) is 44.3 Å². The molecule has 8 N–H and O–H groups in total. The number of halogens is 2. The van der Waals surface area contributed by atoms with Crippen LogP contribution < -0.4 is 42.5 Å². The van der Waals surface area contributed by atoms with Crippen molar-refractivity contribution in [3.05, 3.63) is 185 Å². The average molecular weight is 1760 g/mol. The highest BCUT2D eigenvalue weighted by Crippen LogP contribution is 2.33. The summed E-state index contributed by atoms with van der Waals surface area (Å²) < 4.78 is 34.7. The third-order valence-electron chi connectivity index (χ3n) is 25.0. The van der Waals surface area contributed by atoms with Crippen LogP contribution in [0, 0.1) is 18.6 Å². The summed E-state index contributed by atoms with van der Waals surface area (Å²) in [6.45, 7) is 25.5. The summed E-state index contributed by atoms with van der Waals surface area (Å²) in [5.41, 5.74) is 9.48. The van der Waals surface area contributed by atoms with Crippen molar-refractivity contribution >= 4 is 103 Å². The fourth-order valence-corrected chi connectivity index (χ4v) is 17.8. The molecular formula is C96H129F2N27O4. The van der Waals surface area contributed by atoms with E-state index in [-0.39, 0.29) is 41.5 Å². The molecule has 12 aromatic rings. The van der Waals surface area contributed by atoms with Crippen LogP contribution in [0.15, 0.2) is 134 Å². The van der Waals surface area contributed by atoms with Gasteiger partial charge in [0.25, 0.3) is 23.6 Å². The van der Waals surface area contributed by atoms with Gasteiger partial charge in [0, 0.05) is 200 Å². The topological polar surface area (TPSA) is 339 Å². The van der Waals surface area contributed by atoms with E-state index in [1.807, 2.05) is 175 Å². The van der Waals surface area contributed by atoms with Gasteiger partial charge >= 0.3 is 0 Å². The number of anilines is 6. The molecule has 2 aromatic carbocycles. The molecule has 33 heteroatoms. The summed E-state index contributed by atoms with van der Waals surface area (Å²) >= 11 is 0. The Balaban J connectivity index is 0.000000143. The summed E-state index contributed by atoms with van der Waals surface area (Å²) in [4.78, 5) is 106. The maximum atomic E-state index is 13.8. The number of aryl methyl sites for hydroxylation is 1. The molecule has 4 fully saturated rings. The maximum Gasteiger partial charge on any atom is 0.270 e. The lowest BCUT2D eigenvalue weighted by Gasteiger charge is -2.30. The first-order valence-corrected chi connectivity index (χ1v) is 46.6. The number of aromatic nitrogens is 15. The van der Waals surface area contributed by atoms with E-state index < -0.39 is 5.82 Å². The number of hydrogen-bond donors (Lipinski definition) is 8. The molecule has 4 aliphatic carbocycles. The minimum Gasteiger partial charge on any atom is -0.367 e. The van der Waals surface area contributed by atoms with E-state index in [9.17, 15) is 28.0 Å². The van der Waals surface area contributed by atoms with Crippen molar-refractivity contribution < 1.29 is 28.0 Å². The molecule has 31 nitrogen and oxygen atoms in total. The molecular weight excluding hydrogens is 1630 g/mol. The van der Waals surface area contributed by atoms with Crippen LogP contribution in [0.3, 0.4) is 0 Å². The van der Waals surface area contributed by atoms with Crippen molar-refractivity contribution in [2.45, 2.75) is 253 Å². The van der Waals surface area contributed by atoms with Gasteiger partial charge in [-0.1, -0.05) is 104 Å². The number of hydrogen-bond acceptors (Lipinski definition) is 23. The number of carbonyl (C=O) groups is 4. The molecule has 0 saturated heterocycles. The summed E-state index contributed by atoms with van der Waals surface area (Å²) in [6, 6.07) is 32.0. The van der Waals surface area contributed by atoms with Crippen LogP contribution in [0.1, 0.15) is 217 Å². The lowest BCUT2D eigenvalue weighted by Crippen LogP contribution is -2.37. The molecule has 0 bridgehead atoms. The summed E-state index contributed by atoms with van der Waals surface area (Å²) in [6.07, 6.45) is 28.0. The van der Waals surface area contributed by atoms with Gasteiger partial charge in [-0.2, -0.15) is 19.9 Å². The van der Waals surface area contributed by atoms with Gasteiger partial charge in [0.2, 0.25) is 29.7 Å². The third-order valence-corrected chi connectivity index (χ3v) is 25.0. The summed E-state index contributed by atoms with van der Waals surface area (Å²) in [5, 5.41) is 31.6. The van der Waals surface area contributed by atoms with Gasteiger partial charge in [0.1, 0.15) is 57.0 Å². The lowest BCUT2D eigenvalue weighted by atomic mass is 9.91. The quantitative estimate of drug-likeness (QED) is 0.0395. The molecule has 0 spiro atoms. The highest BCUT2D eigenvalue weighted by molar-refractivity contribution is 6.01. The van der Waals surface area contributed by atoms with Crippen molar-refractivity contribution in [3.8, 4) is 0 Å². The van der Waals surface area contributed by atoms with E-state index in [0.29, 0.717) is 127 Å². The Hall–Kier alpha value is -12.4. The van der Waals surface area contributed by atoms with Crippen LogP contribution >= 0.6 is 0 Å². The molecule has 4 amide bonds. The van der Waals surface area contributed by atoms with Crippen LogP contribution in [0.5, 0.6) is 0 Å². The highest BCUT2D eigenvalue weighted by Gasteiger charge is 2.33. The zero-order valence-electron chi connectivity index (χ0n) is 77.1. The molecule has 20 rings (SSSR count). The Morgan fingerprint density at radius 1 is 0.318 bits per heavy atom. The first kappa shape index (κ1) is 94.2. The molecule has 0 radical (unpaired) electrons. The van der Waals surface area contributed by atoms with Crippen LogP contribution in [-0.4, -0.2) is 219 Å². The Morgan fingerprint density at radius 2 is 0.597 bits per heavy atom. The Kier molecular flexibility index (Phi) is 32.9. The van der Waals surface area contributed by atoms with Crippen LogP contribution in [0.2, 0.25) is 0 Å². The number of fused-ring (bicyclic) bond motifs is 12. The smallest absolute Gasteiger partial charge is 0.270 e. The Bertz CT molecular complexity index is 5520. The molecule has 8 aliphatic rings. The SMILES string of the molecule is CC.CC.CC.CC.CN1CCn2c(cc3cnc(NC4CCC(NCc5ccccc5F)CC4)nc32)C1=O.CN1CCn2c(cc3cnc(NC4CCC(Nc5ccccn5)CC4)nc32)C1=O.CN1CCn2c(cc3cnc(NC4CCC(Nc5ncc(F)cn5)CC4)nc32)C1=O.Cc1ccccc1CNC1CCC(Nc2ncc3cc4n(c3n2)CCN(C)C4=O)CC1. The second-order valence-electron chi connectivity index (χ2n) is 33.3. The highest BCUT2D eigenvalue weighted by atomic mass is 19.1. The first-order chi connectivity index (χ1) is 62.9. The van der Waals surface area contributed by atoms with Crippen LogP contribution in [0.25, 0.3) is 44.1 Å². The standard InChI is InChI=1S/C24H30N6O.C23H27FN6O.C21H25N7O.C20H23FN8O.4C2H6/c1-16-5-3-4-6-17(16)14-25-19-7-9-20(10-8-19)27-24-26-15-18-13-21-23(31)29(2)11-12-30(21)22(18)28-24;1-29-10-11-30-20(22(29)31)12-16-14-26-23(28-21(16)30)27-18-8-6-17(7-9-18)25-13-15-4-2-3-5-19(15)24;1-27-10-11-28-17(20(27)29)12-14-13-23-21(26-19(14)28)25-16-7-5-15(6-8-16)24-18-4-2-3-9-22-18;1-28-6-7-29-16(18(28)30)8-12-9-22-20(27-17(12)29)26-15-4-2-14(3-5-15)25-19-23-10-13(21)11-24-19;4*1-2/h3-6,13,15,19-20,25H,7-12,14H2,1-2H3,(H,26,27,28);2-5,12,14,17-18,25H,6-11,13H2,1H3,(H,26,27,28);2-4,9,12-13,15-16H,5-8,10-11H2,1H3,(H,22,24)(H,23,25,26);8-11,14-15H,2-7H2,1H3,(H,22,26,27)(H,23,24,25);4*1-2H3. The number of nitrogens with zero attached hydrogens (tertiary/aromatic N) is 19. The van der Waals surface area contributed by atoms with Gasteiger partial charge in [-0.25, -0.2) is 43.7 Å². The van der Waals surface area contributed by atoms with Gasteiger partial charge in [-0.3, -0.25) is 19.2 Å². The van der Waals surface area contributed by atoms with Gasteiger partial charge in [0.15, 0.2) is 5.82 Å². The average Bonchev–Trinajstić information content (AvgIpc) is 1.64. The van der Waals surface area contributed by atoms with E-state index in [4.69, 9.17) is 19.9 Å². The fourth-order valence-electron chi connectivity index (χ4n) is 17.8. The van der Waals surface area contributed by atoms with Crippen LogP contribution in [-0.2, 0) is 39.3 Å². The molecule has 0 atom stereocenters. The lowest BCUT2D eigenvalue weighted by molar-refractivity contribution is 0.0744. The minimum atomic E-state index is -0.439. The maximum absolute atomic E-state index is 13.8. The number of pyridine rings is 1. The molecule has 14 heterocycles. The Morgan fingerprint density at radius 3 is 0.915 bits per heavy atom. The fraction of sp³-hybridized carbons (Fsp3) is 0.490. The molecule has 4 aliphatic heterocycles. The summed E-state index contributed by atoms with van der Waals surface area (Å²) in [7, 11) is 7.31. The number of carbonyl (C=O) groups excluding carboxylic acids is 4. The summed E-state index contributed by atoms with van der Waals surface area (Å²) in [5.74, 6) is 3.46. The van der Waals surface area contributed by atoms with Gasteiger partial charge in [0.05, 0.1) is 12.4 Å². The van der Waals surface area contributed by atoms with E-state index in [1.54, 1.807) is 38.1 Å². The largest absolute Gasteiger partial charge is 0.367 e. The van der Waals surface area contributed by atoms with Gasteiger partial charge < -0.3 is 80.4 Å². The molecule has 129 heavy (non-hydrogen) atoms. The van der Waals surface area contributed by atoms with Crippen molar-refractivity contribution in [1.29, 1.82) is 0 Å². The van der Waals surface area contributed by atoms with Crippen molar-refractivity contribution in [1.82, 2.24) is 103 Å².